The van der Waals surface area contributed by atoms with Crippen LogP contribution in [0.5, 0.6) is 11.5 Å². The molecule has 24 heavy (non-hydrogen) atoms. The summed E-state index contributed by atoms with van der Waals surface area (Å²) in [7, 11) is 0. The Morgan fingerprint density at radius 2 is 1.92 bits per heavy atom. The molecule has 0 spiro atoms. The fourth-order valence-corrected chi connectivity index (χ4v) is 2.53. The Hall–Kier alpha value is -2.44. The first kappa shape index (κ1) is 16.4. The van der Waals surface area contributed by atoms with E-state index in [-0.39, 0.29) is 12.4 Å². The molecule has 0 bridgehead atoms. The number of urea groups is 1. The van der Waals surface area contributed by atoms with Gasteiger partial charge in [0.15, 0.2) is 5.75 Å². The number of carbonyl (C=O) groups excluding carboxylic acids is 2. The van der Waals surface area contributed by atoms with Gasteiger partial charge in [-0.1, -0.05) is 29.8 Å². The Labute approximate surface area is 148 Å². The highest BCUT2D eigenvalue weighted by Gasteiger charge is 2.25. The van der Waals surface area contributed by atoms with Crippen LogP contribution in [0.15, 0.2) is 42.5 Å². The van der Waals surface area contributed by atoms with Crippen molar-refractivity contribution in [1.82, 2.24) is 10.9 Å². The fraction of sp³-hybridized carbons (Fsp3) is 0.125. The topological polar surface area (TPSA) is 70.7 Å². The predicted molar refractivity (Wildman–Crippen MR) is 91.5 cm³/mol. The second kappa shape index (κ2) is 6.98. The zero-order valence-electron chi connectivity index (χ0n) is 12.4. The molecule has 6 nitrogen and oxygen atoms in total. The number of nitrogens with zero attached hydrogens (tertiary/aromatic N) is 1. The van der Waals surface area contributed by atoms with Gasteiger partial charge in [0.2, 0.25) is 0 Å². The van der Waals surface area contributed by atoms with E-state index in [1.807, 2.05) is 24.3 Å². The second-order valence-electron chi connectivity index (χ2n) is 5.02. The Morgan fingerprint density at radius 1 is 1.12 bits per heavy atom. The van der Waals surface area contributed by atoms with Crippen molar-refractivity contribution in [3.63, 3.8) is 0 Å². The highest BCUT2D eigenvalue weighted by Crippen LogP contribution is 2.40. The van der Waals surface area contributed by atoms with Gasteiger partial charge in [-0.25, -0.2) is 10.2 Å². The molecule has 1 heterocycles. The van der Waals surface area contributed by atoms with Gasteiger partial charge in [0, 0.05) is 10.6 Å². The van der Waals surface area contributed by atoms with E-state index < -0.39 is 11.9 Å². The lowest BCUT2D eigenvalue weighted by Crippen LogP contribution is -2.49. The van der Waals surface area contributed by atoms with Gasteiger partial charge in [-0.05, 0) is 24.3 Å². The number of halogens is 2. The number of carbonyl (C=O) groups is 2. The van der Waals surface area contributed by atoms with E-state index in [0.717, 1.165) is 5.56 Å². The lowest BCUT2D eigenvalue weighted by Gasteiger charge is -2.22. The number of hydrogen-bond donors (Lipinski definition) is 2. The quantitative estimate of drug-likeness (QED) is 0.600. The van der Waals surface area contributed by atoms with Crippen molar-refractivity contribution in [1.29, 1.82) is 0 Å². The summed E-state index contributed by atoms with van der Waals surface area (Å²) in [5.41, 5.74) is 5.88. The number of nitrogens with one attached hydrogen (secondary N) is 2. The van der Waals surface area contributed by atoms with Gasteiger partial charge in [0.1, 0.15) is 11.6 Å². The van der Waals surface area contributed by atoms with Crippen molar-refractivity contribution in [3.05, 3.63) is 53.1 Å². The van der Waals surface area contributed by atoms with Gasteiger partial charge in [0.05, 0.1) is 12.2 Å². The molecule has 0 aromatic heterocycles. The monoisotopic (exact) mass is 365 g/mol. The number of hydrogen-bond acceptors (Lipinski definition) is 3. The number of fused-ring (bicyclic) bond motifs is 2. The number of benzene rings is 2. The molecule has 2 aromatic carbocycles. The summed E-state index contributed by atoms with van der Waals surface area (Å²) in [4.78, 5) is 25.2. The van der Waals surface area contributed by atoms with Crippen LogP contribution in [0.25, 0.3) is 0 Å². The van der Waals surface area contributed by atoms with Gasteiger partial charge < -0.3 is 4.74 Å². The van der Waals surface area contributed by atoms with E-state index in [9.17, 15) is 9.59 Å². The Morgan fingerprint density at radius 3 is 2.71 bits per heavy atom. The van der Waals surface area contributed by atoms with Gasteiger partial charge in [-0.15, -0.1) is 11.6 Å². The molecular weight excluding hydrogens is 353 g/mol. The number of ether oxygens (including phenoxy) is 1. The van der Waals surface area contributed by atoms with Crippen LogP contribution < -0.4 is 20.5 Å². The van der Waals surface area contributed by atoms with Crippen LogP contribution in [0.4, 0.5) is 10.5 Å². The minimum Gasteiger partial charge on any atom is -0.455 e. The van der Waals surface area contributed by atoms with E-state index in [4.69, 9.17) is 27.9 Å². The molecule has 8 heteroatoms. The molecule has 0 unspecified atom stereocenters. The molecular formula is C16H13Cl2N3O3. The van der Waals surface area contributed by atoms with E-state index in [1.54, 1.807) is 18.2 Å². The molecule has 2 aromatic rings. The smallest absolute Gasteiger partial charge is 0.341 e. The van der Waals surface area contributed by atoms with Crippen LogP contribution in [-0.2, 0) is 11.3 Å². The van der Waals surface area contributed by atoms with Crippen molar-refractivity contribution >= 4 is 40.8 Å². The normalized spacial score (nSPS) is 12.3. The molecule has 0 atom stereocenters. The predicted octanol–water partition coefficient (Wildman–Crippen LogP) is 3.43. The van der Waals surface area contributed by atoms with Crippen LogP contribution in [0, 0.1) is 0 Å². The Balaban J connectivity index is 1.96. The molecule has 1 aliphatic rings. The van der Waals surface area contributed by atoms with Crippen molar-refractivity contribution < 1.29 is 14.3 Å². The van der Waals surface area contributed by atoms with Crippen LogP contribution in [0.2, 0.25) is 5.02 Å². The SMILES string of the molecule is O=C(CCl)NNC(=O)N1Cc2ccccc2Oc2ccc(Cl)cc21. The first-order valence-corrected chi connectivity index (χ1v) is 7.97. The lowest BCUT2D eigenvalue weighted by molar-refractivity contribution is -0.119. The summed E-state index contributed by atoms with van der Waals surface area (Å²) in [5.74, 6) is 0.376. The van der Waals surface area contributed by atoms with Crippen molar-refractivity contribution in [3.8, 4) is 11.5 Å². The van der Waals surface area contributed by atoms with Crippen LogP contribution in [-0.4, -0.2) is 17.8 Å². The zero-order valence-corrected chi connectivity index (χ0v) is 13.9. The second-order valence-corrected chi connectivity index (χ2v) is 5.72. The molecule has 3 rings (SSSR count). The van der Waals surface area contributed by atoms with Crippen molar-refractivity contribution in [2.45, 2.75) is 6.54 Å². The fourth-order valence-electron chi connectivity index (χ4n) is 2.30. The molecule has 0 radical (unpaired) electrons. The molecule has 3 amide bonds. The molecule has 0 saturated heterocycles. The minimum absolute atomic E-state index is 0.255. The third-order valence-electron chi connectivity index (χ3n) is 3.41. The molecule has 2 N–H and O–H groups in total. The zero-order chi connectivity index (χ0) is 17.1. The summed E-state index contributed by atoms with van der Waals surface area (Å²) in [6.45, 7) is 0.256. The molecule has 0 fully saturated rings. The number of amides is 3. The van der Waals surface area contributed by atoms with E-state index in [2.05, 4.69) is 10.9 Å². The third-order valence-corrected chi connectivity index (χ3v) is 3.89. The van der Waals surface area contributed by atoms with Crippen LogP contribution >= 0.6 is 23.2 Å². The van der Waals surface area contributed by atoms with E-state index in [0.29, 0.717) is 22.2 Å². The van der Waals surface area contributed by atoms with Gasteiger partial charge in [-0.2, -0.15) is 0 Å². The van der Waals surface area contributed by atoms with Crippen molar-refractivity contribution in [2.75, 3.05) is 10.8 Å². The van der Waals surface area contributed by atoms with Crippen LogP contribution in [0.1, 0.15) is 5.56 Å². The average Bonchev–Trinajstić information content (AvgIpc) is 2.75. The minimum atomic E-state index is -0.530. The Kier molecular flexibility index (Phi) is 4.78. The highest BCUT2D eigenvalue weighted by atomic mass is 35.5. The van der Waals surface area contributed by atoms with Gasteiger partial charge in [0.25, 0.3) is 5.91 Å². The lowest BCUT2D eigenvalue weighted by atomic mass is 10.2. The van der Waals surface area contributed by atoms with Crippen molar-refractivity contribution in [2.24, 2.45) is 0 Å². The number of para-hydroxylation sites is 1. The molecule has 0 aliphatic carbocycles. The first-order valence-electron chi connectivity index (χ1n) is 7.06. The maximum Gasteiger partial charge on any atom is 0.341 e. The summed E-state index contributed by atoms with van der Waals surface area (Å²) >= 11 is 11.5. The number of anilines is 1. The molecule has 1 aliphatic heterocycles. The van der Waals surface area contributed by atoms with Gasteiger partial charge in [-0.3, -0.25) is 15.1 Å². The highest BCUT2D eigenvalue weighted by molar-refractivity contribution is 6.31. The maximum absolute atomic E-state index is 12.5. The summed E-state index contributed by atoms with van der Waals surface area (Å²) in [6, 6.07) is 11.9. The first-order chi connectivity index (χ1) is 11.6. The molecule has 124 valence electrons. The summed E-state index contributed by atoms with van der Waals surface area (Å²) in [6.07, 6.45) is 0. The Bertz CT molecular complexity index is 798. The summed E-state index contributed by atoms with van der Waals surface area (Å²) < 4.78 is 5.90. The van der Waals surface area contributed by atoms with Crippen LogP contribution in [0.3, 0.4) is 0 Å². The number of rotatable bonds is 1. The maximum atomic E-state index is 12.5. The number of alkyl halides is 1. The third kappa shape index (κ3) is 3.39. The van der Waals surface area contributed by atoms with E-state index in [1.165, 1.54) is 4.90 Å². The van der Waals surface area contributed by atoms with E-state index >= 15 is 0 Å². The van der Waals surface area contributed by atoms with Gasteiger partial charge >= 0.3 is 6.03 Å². The molecule has 0 saturated carbocycles. The average molecular weight is 366 g/mol. The number of hydrazine groups is 1. The largest absolute Gasteiger partial charge is 0.455 e. The summed E-state index contributed by atoms with van der Waals surface area (Å²) in [5, 5.41) is 0.464. The standard InChI is InChI=1S/C16H13Cl2N3O3/c17-8-15(22)19-20-16(23)21-9-10-3-1-2-4-13(10)24-14-6-5-11(18)7-12(14)21/h1-7H,8-9H2,(H,19,22)(H,20,23).